The molecule has 184 valence electrons. The molecule has 0 aliphatic heterocycles. The molecule has 3 rings (SSSR count). The Morgan fingerprint density at radius 2 is 1.46 bits per heavy atom. The van der Waals surface area contributed by atoms with Crippen molar-refractivity contribution >= 4 is 22.1 Å². The molecule has 0 radical (unpaired) electrons. The van der Waals surface area contributed by atoms with Crippen LogP contribution in [0.4, 0.5) is 0 Å². The van der Waals surface area contributed by atoms with E-state index in [1.165, 1.54) is 36.4 Å². The Morgan fingerprint density at radius 3 is 2.03 bits per heavy atom. The number of hydrogen-bond acceptors (Lipinski definition) is 8. The van der Waals surface area contributed by atoms with Gasteiger partial charge in [0.25, 0.3) is 0 Å². The van der Waals surface area contributed by atoms with Gasteiger partial charge in [-0.3, -0.25) is 4.79 Å². The van der Waals surface area contributed by atoms with Gasteiger partial charge in [0.15, 0.2) is 5.54 Å². The average Bonchev–Trinajstić information content (AvgIpc) is 2.83. The van der Waals surface area contributed by atoms with Crippen LogP contribution in [0.3, 0.4) is 0 Å². The van der Waals surface area contributed by atoms with Crippen molar-refractivity contribution in [3.05, 3.63) is 96.1 Å². The van der Waals surface area contributed by atoms with Gasteiger partial charge in [-0.05, 0) is 49.2 Å². The molecule has 3 aromatic carbocycles. The lowest BCUT2D eigenvalue weighted by atomic mass is 9.87. The quantitative estimate of drug-likeness (QED) is 0.332. The van der Waals surface area contributed by atoms with Crippen molar-refractivity contribution in [1.29, 1.82) is 0 Å². The molecule has 0 bridgehead atoms. The summed E-state index contributed by atoms with van der Waals surface area (Å²) in [5.41, 5.74) is 5.56. The van der Waals surface area contributed by atoms with E-state index < -0.39 is 40.1 Å². The molecule has 0 aromatic heterocycles. The zero-order valence-electron chi connectivity index (χ0n) is 19.4. The van der Waals surface area contributed by atoms with Gasteiger partial charge in [-0.1, -0.05) is 60.7 Å². The zero-order chi connectivity index (χ0) is 25.5. The highest BCUT2D eigenvalue weighted by molar-refractivity contribution is 7.87. The summed E-state index contributed by atoms with van der Waals surface area (Å²) in [6, 6.07) is 22.3. The van der Waals surface area contributed by atoms with Gasteiger partial charge in [-0.15, -0.1) is 0 Å². The first-order chi connectivity index (χ1) is 16.6. The maximum absolute atomic E-state index is 13.1. The van der Waals surface area contributed by atoms with E-state index in [1.807, 2.05) is 6.07 Å². The monoisotopic (exact) mass is 497 g/mol. The third kappa shape index (κ3) is 6.91. The highest BCUT2D eigenvalue weighted by Crippen LogP contribution is 2.28. The Balaban J connectivity index is 1.83. The number of benzene rings is 3. The molecule has 1 unspecified atom stereocenters. The predicted molar refractivity (Wildman–Crippen MR) is 129 cm³/mol. The molecular formula is C26H27NO7S. The molecule has 0 saturated carbocycles. The number of ether oxygens (including phenoxy) is 2. The van der Waals surface area contributed by atoms with Gasteiger partial charge in [0.2, 0.25) is 0 Å². The molecule has 35 heavy (non-hydrogen) atoms. The molecule has 3 aromatic rings. The molecule has 0 aliphatic carbocycles. The Kier molecular flexibility index (Phi) is 8.26. The van der Waals surface area contributed by atoms with Crippen LogP contribution in [0.25, 0.3) is 0 Å². The van der Waals surface area contributed by atoms with E-state index in [1.54, 1.807) is 56.3 Å². The normalized spacial score (nSPS) is 13.0. The largest absolute Gasteiger partial charge is 0.463 e. The van der Waals surface area contributed by atoms with Crippen molar-refractivity contribution in [2.75, 3.05) is 0 Å². The van der Waals surface area contributed by atoms with Crippen molar-refractivity contribution in [1.82, 2.24) is 0 Å². The summed E-state index contributed by atoms with van der Waals surface area (Å²) >= 11 is 0. The van der Waals surface area contributed by atoms with Crippen LogP contribution >= 0.6 is 0 Å². The van der Waals surface area contributed by atoms with Gasteiger partial charge in [0.05, 0.1) is 12.5 Å². The van der Waals surface area contributed by atoms with E-state index in [4.69, 9.17) is 19.4 Å². The molecule has 0 spiro atoms. The maximum atomic E-state index is 13.1. The van der Waals surface area contributed by atoms with Crippen molar-refractivity contribution in [2.45, 2.75) is 43.4 Å². The van der Waals surface area contributed by atoms with Gasteiger partial charge in [-0.25, -0.2) is 4.79 Å². The first-order valence-corrected chi connectivity index (χ1v) is 12.3. The number of carbonyl (C=O) groups excluding carboxylic acids is 2. The first kappa shape index (κ1) is 25.9. The number of hydrogen-bond donors (Lipinski definition) is 1. The van der Waals surface area contributed by atoms with Crippen molar-refractivity contribution in [2.24, 2.45) is 5.73 Å². The fourth-order valence-electron chi connectivity index (χ4n) is 3.25. The Hall–Kier alpha value is -3.69. The minimum absolute atomic E-state index is 0.00170. The lowest BCUT2D eigenvalue weighted by molar-refractivity contribution is -0.159. The summed E-state index contributed by atoms with van der Waals surface area (Å²) in [6.07, 6.45) is -0.868. The molecule has 8 nitrogen and oxygen atoms in total. The second-order valence-corrected chi connectivity index (χ2v) is 9.67. The van der Waals surface area contributed by atoms with Crippen LogP contribution in [-0.4, -0.2) is 26.5 Å². The van der Waals surface area contributed by atoms with Crippen molar-refractivity contribution < 1.29 is 31.7 Å². The Bertz CT molecular complexity index is 1240. The van der Waals surface area contributed by atoms with Gasteiger partial charge in [0, 0.05) is 0 Å². The second kappa shape index (κ2) is 11.2. The molecule has 0 heterocycles. The molecule has 1 atom stereocenters. The summed E-state index contributed by atoms with van der Waals surface area (Å²) in [6.45, 7) is 3.33. The highest BCUT2D eigenvalue weighted by Gasteiger charge is 2.41. The van der Waals surface area contributed by atoms with Crippen LogP contribution in [0.2, 0.25) is 0 Å². The van der Waals surface area contributed by atoms with Crippen LogP contribution < -0.4 is 9.92 Å². The third-order valence-electron chi connectivity index (χ3n) is 4.97. The highest BCUT2D eigenvalue weighted by atomic mass is 32.2. The fraction of sp³-hybridized carbons (Fsp3) is 0.231. The first-order valence-electron chi connectivity index (χ1n) is 10.9. The van der Waals surface area contributed by atoms with Crippen LogP contribution in [0.15, 0.2) is 89.8 Å². The van der Waals surface area contributed by atoms with Crippen LogP contribution in [0, 0.1) is 0 Å². The third-order valence-corrected chi connectivity index (χ3v) is 6.24. The molecule has 0 saturated heterocycles. The molecule has 0 amide bonds. The van der Waals surface area contributed by atoms with E-state index in [0.29, 0.717) is 0 Å². The van der Waals surface area contributed by atoms with Crippen LogP contribution in [0.5, 0.6) is 5.75 Å². The average molecular weight is 498 g/mol. The number of nitrogens with two attached hydrogens (primary N) is 1. The Labute approximate surface area is 204 Å². The number of esters is 2. The summed E-state index contributed by atoms with van der Waals surface area (Å²) in [5, 5.41) is 0. The van der Waals surface area contributed by atoms with E-state index in [2.05, 4.69) is 0 Å². The van der Waals surface area contributed by atoms with E-state index >= 15 is 0 Å². The standard InChI is InChI=1S/C26H27NO7S/c1-19(2)33-24(28)17-26(27,25(29)32-18-20-9-5-3-6-10-20)21-13-15-22(16-14-21)34-35(30,31)23-11-7-4-8-12-23/h3-16,19H,17-18,27H2,1-2H3. The van der Waals surface area contributed by atoms with Gasteiger partial charge < -0.3 is 19.4 Å². The summed E-state index contributed by atoms with van der Waals surface area (Å²) < 4.78 is 40.7. The minimum Gasteiger partial charge on any atom is -0.463 e. The van der Waals surface area contributed by atoms with Gasteiger partial charge in [-0.2, -0.15) is 8.42 Å². The van der Waals surface area contributed by atoms with E-state index in [-0.39, 0.29) is 22.8 Å². The summed E-state index contributed by atoms with van der Waals surface area (Å²) in [7, 11) is -4.05. The summed E-state index contributed by atoms with van der Waals surface area (Å²) in [4.78, 5) is 25.5. The lowest BCUT2D eigenvalue weighted by Crippen LogP contribution is -2.48. The molecular weight excluding hydrogens is 470 g/mol. The van der Waals surface area contributed by atoms with E-state index in [0.717, 1.165) is 5.56 Å². The Morgan fingerprint density at radius 1 is 0.886 bits per heavy atom. The predicted octanol–water partition coefficient (Wildman–Crippen LogP) is 3.69. The topological polar surface area (TPSA) is 122 Å². The summed E-state index contributed by atoms with van der Waals surface area (Å²) in [5.74, 6) is -1.49. The van der Waals surface area contributed by atoms with Crippen LogP contribution in [0.1, 0.15) is 31.4 Å². The van der Waals surface area contributed by atoms with Gasteiger partial charge >= 0.3 is 22.1 Å². The second-order valence-electron chi connectivity index (χ2n) is 8.12. The van der Waals surface area contributed by atoms with E-state index in [9.17, 15) is 18.0 Å². The van der Waals surface area contributed by atoms with Gasteiger partial charge in [0.1, 0.15) is 17.3 Å². The minimum atomic E-state index is -4.05. The number of rotatable bonds is 10. The van der Waals surface area contributed by atoms with Crippen LogP contribution in [-0.2, 0) is 41.3 Å². The van der Waals surface area contributed by atoms with Crippen molar-refractivity contribution in [3.63, 3.8) is 0 Å². The molecule has 2 N–H and O–H groups in total. The lowest BCUT2D eigenvalue weighted by Gasteiger charge is -2.27. The zero-order valence-corrected chi connectivity index (χ0v) is 20.2. The number of carbonyl (C=O) groups is 2. The van der Waals surface area contributed by atoms with Crippen molar-refractivity contribution in [3.8, 4) is 5.75 Å². The molecule has 0 fully saturated rings. The molecule has 9 heteroatoms. The SMILES string of the molecule is CC(C)OC(=O)CC(N)(C(=O)OCc1ccccc1)c1ccc(OS(=O)(=O)c2ccccc2)cc1. The maximum Gasteiger partial charge on any atom is 0.339 e. The molecule has 0 aliphatic rings. The smallest absolute Gasteiger partial charge is 0.339 e. The fourth-order valence-corrected chi connectivity index (χ4v) is 4.20.